The van der Waals surface area contributed by atoms with Gasteiger partial charge in [-0.15, -0.1) is 0 Å². The van der Waals surface area contributed by atoms with Gasteiger partial charge < -0.3 is 4.98 Å². The van der Waals surface area contributed by atoms with Gasteiger partial charge in [0, 0.05) is 49.1 Å². The molecule has 0 saturated carbocycles. The van der Waals surface area contributed by atoms with Gasteiger partial charge in [-0.05, 0) is 17.7 Å². The summed E-state index contributed by atoms with van der Waals surface area (Å²) in [6.45, 7) is 2.40. The van der Waals surface area contributed by atoms with Crippen LogP contribution in [0.3, 0.4) is 0 Å². The summed E-state index contributed by atoms with van der Waals surface area (Å²) in [5, 5.41) is 0. The molecule has 2 aromatic carbocycles. The third-order valence-electron chi connectivity index (χ3n) is 5.28. The van der Waals surface area contributed by atoms with E-state index < -0.39 is 0 Å². The maximum Gasteiger partial charge on any atom is 0.331 e. The van der Waals surface area contributed by atoms with Gasteiger partial charge in [0.2, 0.25) is 0 Å². The molecule has 0 aliphatic carbocycles. The minimum atomic E-state index is -0.345. The Labute approximate surface area is 161 Å². The zero-order valence-electron chi connectivity index (χ0n) is 15.2. The third-order valence-corrected chi connectivity index (χ3v) is 5.28. The molecule has 0 atom stereocenters. The van der Waals surface area contributed by atoms with E-state index in [0.717, 1.165) is 30.8 Å². The maximum atomic E-state index is 14.2. The Balaban J connectivity index is 1.56. The van der Waals surface area contributed by atoms with E-state index in [1.165, 1.54) is 16.0 Å². The molecule has 0 fully saturated rings. The standard InChI is InChI=1S/C22H19FN4O/c23-18-9-5-4-8-16(18)20-14-27-21(24-20)17-13-26(11-10-19(17)25-22(27)28)12-15-6-2-1-3-7-15/h1-9,14H,10-13H2,(H,25,28). The molecule has 0 amide bonds. The van der Waals surface area contributed by atoms with E-state index in [9.17, 15) is 9.18 Å². The number of imidazole rings is 1. The second-order valence-electron chi connectivity index (χ2n) is 7.13. The van der Waals surface area contributed by atoms with Crippen molar-refractivity contribution in [1.29, 1.82) is 0 Å². The van der Waals surface area contributed by atoms with Gasteiger partial charge in [-0.2, -0.15) is 0 Å². The molecule has 0 radical (unpaired) electrons. The van der Waals surface area contributed by atoms with Gasteiger partial charge in [0.15, 0.2) is 0 Å². The first-order valence-corrected chi connectivity index (χ1v) is 9.33. The number of hydrogen-bond donors (Lipinski definition) is 1. The van der Waals surface area contributed by atoms with Gasteiger partial charge in [0.1, 0.15) is 11.5 Å². The minimum Gasteiger partial charge on any atom is -0.310 e. The lowest BCUT2D eigenvalue weighted by Crippen LogP contribution is -2.33. The van der Waals surface area contributed by atoms with Crippen LogP contribution in [-0.2, 0) is 19.5 Å². The van der Waals surface area contributed by atoms with Crippen LogP contribution in [0.15, 0.2) is 65.6 Å². The van der Waals surface area contributed by atoms with Crippen LogP contribution in [-0.4, -0.2) is 25.8 Å². The number of aromatic nitrogens is 3. The number of H-pyrrole nitrogens is 1. The fraction of sp³-hybridized carbons (Fsp3) is 0.182. The van der Waals surface area contributed by atoms with E-state index in [2.05, 4.69) is 27.0 Å². The molecule has 1 aliphatic heterocycles. The lowest BCUT2D eigenvalue weighted by molar-refractivity contribution is 0.243. The Morgan fingerprint density at radius 2 is 1.86 bits per heavy atom. The number of rotatable bonds is 3. The van der Waals surface area contributed by atoms with E-state index >= 15 is 0 Å². The van der Waals surface area contributed by atoms with Gasteiger partial charge in [-0.1, -0.05) is 42.5 Å². The minimum absolute atomic E-state index is 0.236. The molecule has 4 aromatic rings. The number of aromatic amines is 1. The second-order valence-corrected chi connectivity index (χ2v) is 7.13. The van der Waals surface area contributed by atoms with Crippen molar-refractivity contribution >= 4 is 5.65 Å². The summed E-state index contributed by atoms with van der Waals surface area (Å²) in [6, 6.07) is 16.8. The number of fused-ring (bicyclic) bond motifs is 3. The van der Waals surface area contributed by atoms with E-state index in [1.54, 1.807) is 24.4 Å². The summed E-state index contributed by atoms with van der Waals surface area (Å²) in [7, 11) is 0. The molecule has 5 nitrogen and oxygen atoms in total. The van der Waals surface area contributed by atoms with Crippen molar-refractivity contribution in [3.05, 3.63) is 93.9 Å². The molecule has 0 spiro atoms. The number of benzene rings is 2. The van der Waals surface area contributed by atoms with Crippen LogP contribution in [0.1, 0.15) is 16.8 Å². The molecular weight excluding hydrogens is 355 g/mol. The number of nitrogens with one attached hydrogen (secondary N) is 1. The first-order chi connectivity index (χ1) is 13.7. The zero-order chi connectivity index (χ0) is 19.1. The van der Waals surface area contributed by atoms with Crippen LogP contribution in [0.5, 0.6) is 0 Å². The fourth-order valence-electron chi connectivity index (χ4n) is 3.88. The predicted octanol–water partition coefficient (Wildman–Crippen LogP) is 3.39. The molecule has 6 heteroatoms. The van der Waals surface area contributed by atoms with Crippen LogP contribution in [0, 0.1) is 5.82 Å². The summed E-state index contributed by atoms with van der Waals surface area (Å²) in [5.74, 6) is -0.345. The number of hydrogen-bond acceptors (Lipinski definition) is 3. The van der Waals surface area contributed by atoms with Crippen LogP contribution < -0.4 is 5.69 Å². The van der Waals surface area contributed by atoms with E-state index in [0.29, 0.717) is 23.4 Å². The van der Waals surface area contributed by atoms with Crippen molar-refractivity contribution in [3.63, 3.8) is 0 Å². The third kappa shape index (κ3) is 2.92. The van der Waals surface area contributed by atoms with Crippen LogP contribution in [0.25, 0.3) is 16.9 Å². The smallest absolute Gasteiger partial charge is 0.310 e. The Morgan fingerprint density at radius 3 is 2.68 bits per heavy atom. The molecule has 28 heavy (non-hydrogen) atoms. The zero-order valence-corrected chi connectivity index (χ0v) is 15.2. The molecule has 3 heterocycles. The van der Waals surface area contributed by atoms with E-state index in [1.807, 2.05) is 18.2 Å². The highest BCUT2D eigenvalue weighted by atomic mass is 19.1. The molecule has 0 saturated heterocycles. The summed E-state index contributed by atoms with van der Waals surface area (Å²) in [4.78, 5) is 22.5. The summed E-state index contributed by atoms with van der Waals surface area (Å²) >= 11 is 0. The fourth-order valence-corrected chi connectivity index (χ4v) is 3.88. The van der Waals surface area contributed by atoms with Gasteiger partial charge in [0.05, 0.1) is 5.69 Å². The van der Waals surface area contributed by atoms with Crippen LogP contribution in [0.4, 0.5) is 4.39 Å². The van der Waals surface area contributed by atoms with E-state index in [4.69, 9.17) is 0 Å². The molecule has 5 rings (SSSR count). The normalized spacial score (nSPS) is 14.3. The molecule has 140 valence electrons. The van der Waals surface area contributed by atoms with Gasteiger partial charge in [-0.25, -0.2) is 14.2 Å². The SMILES string of the molecule is O=c1[nH]c2c(c3nc(-c4ccccc4F)cn13)CN(Cc1ccccc1)CC2. The lowest BCUT2D eigenvalue weighted by atomic mass is 10.1. The molecule has 2 aromatic heterocycles. The quantitative estimate of drug-likeness (QED) is 0.598. The van der Waals surface area contributed by atoms with Crippen LogP contribution >= 0.6 is 0 Å². The Hall–Kier alpha value is -3.25. The molecule has 0 unspecified atom stereocenters. The lowest BCUT2D eigenvalue weighted by Gasteiger charge is -2.28. The largest absolute Gasteiger partial charge is 0.331 e. The highest BCUT2D eigenvalue weighted by Crippen LogP contribution is 2.26. The first-order valence-electron chi connectivity index (χ1n) is 9.33. The molecule has 1 N–H and O–H groups in total. The van der Waals surface area contributed by atoms with Crippen molar-refractivity contribution in [1.82, 2.24) is 19.3 Å². The highest BCUT2D eigenvalue weighted by molar-refractivity contribution is 5.65. The van der Waals surface area contributed by atoms with Crippen molar-refractivity contribution in [2.75, 3.05) is 6.54 Å². The van der Waals surface area contributed by atoms with Crippen molar-refractivity contribution in [2.45, 2.75) is 19.5 Å². The van der Waals surface area contributed by atoms with Gasteiger partial charge in [0.25, 0.3) is 0 Å². The molecule has 0 bridgehead atoms. The Kier molecular flexibility index (Phi) is 4.06. The van der Waals surface area contributed by atoms with Crippen LogP contribution in [0.2, 0.25) is 0 Å². The maximum absolute atomic E-state index is 14.2. The number of halogens is 1. The Bertz CT molecular complexity index is 1210. The topological polar surface area (TPSA) is 53.4 Å². The van der Waals surface area contributed by atoms with Crippen molar-refractivity contribution in [2.24, 2.45) is 0 Å². The summed E-state index contributed by atoms with van der Waals surface area (Å²) in [5.41, 5.74) is 4.42. The average molecular weight is 374 g/mol. The highest BCUT2D eigenvalue weighted by Gasteiger charge is 2.23. The van der Waals surface area contributed by atoms with Gasteiger partial charge >= 0.3 is 5.69 Å². The first kappa shape index (κ1) is 16.9. The average Bonchev–Trinajstić information content (AvgIpc) is 3.16. The monoisotopic (exact) mass is 374 g/mol. The van der Waals surface area contributed by atoms with Crippen molar-refractivity contribution in [3.8, 4) is 11.3 Å². The predicted molar refractivity (Wildman–Crippen MR) is 105 cm³/mol. The summed E-state index contributed by atoms with van der Waals surface area (Å²) in [6.07, 6.45) is 2.37. The summed E-state index contributed by atoms with van der Waals surface area (Å²) < 4.78 is 15.7. The Morgan fingerprint density at radius 1 is 1.07 bits per heavy atom. The molecule has 1 aliphatic rings. The van der Waals surface area contributed by atoms with E-state index in [-0.39, 0.29) is 11.5 Å². The number of nitrogens with zero attached hydrogens (tertiary/aromatic N) is 3. The van der Waals surface area contributed by atoms with Crippen molar-refractivity contribution < 1.29 is 4.39 Å². The second kappa shape index (κ2) is 6.73. The molecular formula is C22H19FN4O. The van der Waals surface area contributed by atoms with Gasteiger partial charge in [-0.3, -0.25) is 9.30 Å².